The molecule has 0 spiro atoms. The maximum atomic E-state index is 12.5. The monoisotopic (exact) mass is 459 g/mol. The van der Waals surface area contributed by atoms with Crippen LogP contribution in [0, 0.1) is 0 Å². The van der Waals surface area contributed by atoms with Gasteiger partial charge in [-0.2, -0.15) is 0 Å². The number of nitrogens with zero attached hydrogens (tertiary/aromatic N) is 4. The molecule has 0 aliphatic rings. The Balaban J connectivity index is 1.23. The Hall–Kier alpha value is -3.52. The van der Waals surface area contributed by atoms with E-state index < -0.39 is 0 Å². The van der Waals surface area contributed by atoms with Crippen LogP contribution in [0.1, 0.15) is 38.3 Å². The molecule has 0 bridgehead atoms. The summed E-state index contributed by atoms with van der Waals surface area (Å²) in [6.45, 7) is 2.31. The molecule has 7 nitrogen and oxygen atoms in total. The van der Waals surface area contributed by atoms with Crippen molar-refractivity contribution in [3.8, 4) is 11.3 Å². The zero-order valence-corrected chi connectivity index (χ0v) is 19.3. The molecule has 0 aliphatic heterocycles. The molecule has 3 heterocycles. The minimum absolute atomic E-state index is 0.115. The van der Waals surface area contributed by atoms with Gasteiger partial charge < -0.3 is 9.73 Å². The van der Waals surface area contributed by atoms with E-state index >= 15 is 0 Å². The number of carbonyl (C=O) groups excluding carboxylic acids is 1. The normalized spacial score (nSPS) is 11.4. The van der Waals surface area contributed by atoms with Crippen LogP contribution in [0.4, 0.5) is 5.13 Å². The molecule has 0 radical (unpaired) electrons. The number of fused-ring (bicyclic) bond motifs is 3. The summed E-state index contributed by atoms with van der Waals surface area (Å²) >= 11 is 1.40. The van der Waals surface area contributed by atoms with Gasteiger partial charge in [-0.05, 0) is 37.1 Å². The smallest absolute Gasteiger partial charge is 0.247 e. The molecule has 3 aromatic heterocycles. The minimum atomic E-state index is -0.172. The van der Waals surface area contributed by atoms with Crippen molar-refractivity contribution in [3.63, 3.8) is 0 Å². The number of benzene rings is 2. The highest BCUT2D eigenvalue weighted by atomic mass is 32.1. The molecule has 0 saturated heterocycles. The molecule has 0 fully saturated rings. The number of furan rings is 1. The van der Waals surface area contributed by atoms with Crippen LogP contribution in [-0.2, 0) is 17.8 Å². The second kappa shape index (κ2) is 9.54. The quantitative estimate of drug-likeness (QED) is 0.271. The number of hydrogen-bond donors (Lipinski definition) is 1. The van der Waals surface area contributed by atoms with Crippen molar-refractivity contribution in [1.29, 1.82) is 0 Å². The van der Waals surface area contributed by atoms with Crippen LogP contribution in [0.15, 0.2) is 58.5 Å². The van der Waals surface area contributed by atoms with Gasteiger partial charge in [0.15, 0.2) is 5.13 Å². The van der Waals surface area contributed by atoms with E-state index in [0.29, 0.717) is 5.13 Å². The molecule has 2 aromatic carbocycles. The van der Waals surface area contributed by atoms with Crippen LogP contribution in [0.25, 0.3) is 33.2 Å². The predicted molar refractivity (Wildman–Crippen MR) is 131 cm³/mol. The number of unbranched alkanes of at least 4 members (excludes halogenated alkanes) is 3. The molecule has 1 N–H and O–H groups in total. The van der Waals surface area contributed by atoms with Gasteiger partial charge in [0.1, 0.15) is 17.7 Å². The van der Waals surface area contributed by atoms with Gasteiger partial charge in [-0.3, -0.25) is 4.79 Å². The Bertz CT molecular complexity index is 1400. The summed E-state index contributed by atoms with van der Waals surface area (Å²) in [4.78, 5) is 17.1. The van der Waals surface area contributed by atoms with E-state index in [4.69, 9.17) is 4.42 Å². The maximum Gasteiger partial charge on any atom is 0.247 e. The first kappa shape index (κ1) is 21.3. The first-order valence-corrected chi connectivity index (χ1v) is 12.1. The van der Waals surface area contributed by atoms with Crippen molar-refractivity contribution in [3.05, 3.63) is 59.7 Å². The molecule has 5 rings (SSSR count). The lowest BCUT2D eigenvalue weighted by Crippen LogP contribution is -2.19. The summed E-state index contributed by atoms with van der Waals surface area (Å²) in [6.07, 6.45) is 7.48. The fraction of sp³-hybridized carbons (Fsp3) is 0.280. The van der Waals surface area contributed by atoms with E-state index in [1.165, 1.54) is 30.6 Å². The lowest BCUT2D eigenvalue weighted by atomic mass is 10.1. The third kappa shape index (κ3) is 4.80. The second-order valence-corrected chi connectivity index (χ2v) is 8.97. The van der Waals surface area contributed by atoms with Gasteiger partial charge >= 0.3 is 0 Å². The average molecular weight is 460 g/mol. The molecule has 168 valence electrons. The number of carbonyl (C=O) groups is 1. The van der Waals surface area contributed by atoms with Gasteiger partial charge in [-0.25, -0.2) is 9.67 Å². The summed E-state index contributed by atoms with van der Waals surface area (Å²) in [7, 11) is 0. The number of amides is 1. The first-order valence-electron chi connectivity index (χ1n) is 11.3. The highest BCUT2D eigenvalue weighted by Gasteiger charge is 2.12. The van der Waals surface area contributed by atoms with Crippen molar-refractivity contribution in [2.75, 3.05) is 5.32 Å². The number of aryl methyl sites for hydroxylation is 1. The van der Waals surface area contributed by atoms with Crippen LogP contribution >= 0.6 is 11.3 Å². The largest absolute Gasteiger partial charge is 0.456 e. The lowest BCUT2D eigenvalue weighted by molar-refractivity contribution is -0.116. The number of aromatic nitrogens is 4. The number of rotatable bonds is 9. The third-order valence-corrected chi connectivity index (χ3v) is 6.36. The summed E-state index contributed by atoms with van der Waals surface area (Å²) in [5, 5.41) is 15.8. The Morgan fingerprint density at radius 3 is 2.88 bits per heavy atom. The van der Waals surface area contributed by atoms with Crippen molar-refractivity contribution in [1.82, 2.24) is 20.0 Å². The Kier molecular flexibility index (Phi) is 6.17. The zero-order valence-electron chi connectivity index (χ0n) is 18.5. The molecule has 0 aliphatic carbocycles. The van der Waals surface area contributed by atoms with Gasteiger partial charge in [0.05, 0.1) is 11.4 Å². The number of anilines is 1. The standard InChI is InChI=1S/C25H25N5O2S/c1-2-3-4-5-8-18-14-30(29-28-18)15-24(31)27-25-26-21(16-33-25)17-11-12-23-20(13-17)19-9-6-7-10-22(19)32-23/h6-7,9-14,16H,2-5,8,15H2,1H3,(H,26,27,31). The van der Waals surface area contributed by atoms with Gasteiger partial charge in [0.2, 0.25) is 5.91 Å². The highest BCUT2D eigenvalue weighted by Crippen LogP contribution is 2.33. The Morgan fingerprint density at radius 2 is 1.97 bits per heavy atom. The van der Waals surface area contributed by atoms with E-state index in [-0.39, 0.29) is 12.5 Å². The van der Waals surface area contributed by atoms with Crippen molar-refractivity contribution >= 4 is 44.3 Å². The van der Waals surface area contributed by atoms with E-state index in [9.17, 15) is 4.79 Å². The second-order valence-electron chi connectivity index (χ2n) is 8.11. The minimum Gasteiger partial charge on any atom is -0.456 e. The number of thiazole rings is 1. The van der Waals surface area contributed by atoms with Gasteiger partial charge in [0.25, 0.3) is 0 Å². The summed E-state index contributed by atoms with van der Waals surface area (Å²) in [5.74, 6) is -0.172. The van der Waals surface area contributed by atoms with E-state index in [0.717, 1.165) is 51.7 Å². The molecule has 0 unspecified atom stereocenters. The van der Waals surface area contributed by atoms with E-state index in [1.54, 1.807) is 4.68 Å². The molecule has 33 heavy (non-hydrogen) atoms. The van der Waals surface area contributed by atoms with Crippen LogP contribution in [-0.4, -0.2) is 25.9 Å². The van der Waals surface area contributed by atoms with Gasteiger partial charge in [-0.15, -0.1) is 16.4 Å². The maximum absolute atomic E-state index is 12.5. The van der Waals surface area contributed by atoms with Crippen molar-refractivity contribution in [2.45, 2.75) is 45.6 Å². The van der Waals surface area contributed by atoms with Crippen LogP contribution < -0.4 is 5.32 Å². The predicted octanol–water partition coefficient (Wildman–Crippen LogP) is 6.06. The van der Waals surface area contributed by atoms with Crippen molar-refractivity contribution in [2.24, 2.45) is 0 Å². The van der Waals surface area contributed by atoms with E-state index in [1.807, 2.05) is 41.9 Å². The summed E-state index contributed by atoms with van der Waals surface area (Å²) in [5.41, 5.74) is 4.44. The fourth-order valence-corrected chi connectivity index (χ4v) is 4.65. The average Bonchev–Trinajstić information content (AvgIpc) is 3.55. The molecule has 0 atom stereocenters. The fourth-order valence-electron chi connectivity index (χ4n) is 3.92. The van der Waals surface area contributed by atoms with Crippen LogP contribution in [0.3, 0.4) is 0 Å². The number of hydrogen-bond acceptors (Lipinski definition) is 6. The van der Waals surface area contributed by atoms with Gasteiger partial charge in [0, 0.05) is 27.9 Å². The van der Waals surface area contributed by atoms with Crippen LogP contribution in [0.5, 0.6) is 0 Å². The highest BCUT2D eigenvalue weighted by molar-refractivity contribution is 7.14. The number of para-hydroxylation sites is 1. The van der Waals surface area contributed by atoms with E-state index in [2.05, 4.69) is 39.7 Å². The summed E-state index contributed by atoms with van der Waals surface area (Å²) < 4.78 is 7.48. The lowest BCUT2D eigenvalue weighted by Gasteiger charge is -2.01. The molecule has 1 amide bonds. The number of nitrogens with one attached hydrogen (secondary N) is 1. The molecule has 5 aromatic rings. The SMILES string of the molecule is CCCCCCc1cn(CC(=O)Nc2nc(-c3ccc4oc5ccccc5c4c3)cs2)nn1. The molecule has 0 saturated carbocycles. The molecular weight excluding hydrogens is 434 g/mol. The van der Waals surface area contributed by atoms with Gasteiger partial charge in [-0.1, -0.05) is 49.6 Å². The molecular formula is C25H25N5O2S. The first-order chi connectivity index (χ1) is 16.2. The van der Waals surface area contributed by atoms with Crippen molar-refractivity contribution < 1.29 is 9.21 Å². The summed E-state index contributed by atoms with van der Waals surface area (Å²) in [6, 6.07) is 14.0. The zero-order chi connectivity index (χ0) is 22.6. The third-order valence-electron chi connectivity index (χ3n) is 5.60. The topological polar surface area (TPSA) is 85.8 Å². The van der Waals surface area contributed by atoms with Crippen LogP contribution in [0.2, 0.25) is 0 Å². The Morgan fingerprint density at radius 1 is 1.09 bits per heavy atom. The molecule has 8 heteroatoms. The Labute approximate surface area is 195 Å².